The second kappa shape index (κ2) is 6.05. The van der Waals surface area contributed by atoms with Gasteiger partial charge in [-0.25, -0.2) is 9.78 Å². The van der Waals surface area contributed by atoms with Gasteiger partial charge in [-0.15, -0.1) is 0 Å². The molecule has 2 aromatic heterocycles. The molecule has 1 atom stereocenters. The molecule has 2 rings (SSSR count). The highest BCUT2D eigenvalue weighted by Crippen LogP contribution is 2.07. The summed E-state index contributed by atoms with van der Waals surface area (Å²) in [7, 11) is 0. The summed E-state index contributed by atoms with van der Waals surface area (Å²) in [6.07, 6.45) is 4.17. The number of hydrogen-bond acceptors (Lipinski definition) is 4. The third kappa shape index (κ3) is 3.25. The van der Waals surface area contributed by atoms with Crippen molar-refractivity contribution in [3.63, 3.8) is 0 Å². The van der Waals surface area contributed by atoms with Crippen LogP contribution >= 0.6 is 0 Å². The molecule has 0 saturated heterocycles. The average molecular weight is 277 g/mol. The van der Waals surface area contributed by atoms with Crippen LogP contribution in [-0.2, 0) is 6.42 Å². The van der Waals surface area contributed by atoms with Gasteiger partial charge in [-0.1, -0.05) is 0 Å². The lowest BCUT2D eigenvalue weighted by atomic mass is 10.1. The van der Waals surface area contributed by atoms with Crippen LogP contribution in [0.3, 0.4) is 0 Å². The normalized spacial score (nSPS) is 12.1. The maximum absolute atomic E-state index is 11.9. The first kappa shape index (κ1) is 13.9. The van der Waals surface area contributed by atoms with Crippen LogP contribution in [0, 0.1) is 0 Å². The van der Waals surface area contributed by atoms with Crippen molar-refractivity contribution < 1.29 is 19.1 Å². The second-order valence-electron chi connectivity index (χ2n) is 4.42. The fraction of sp³-hybridized carbons (Fsp3) is 0.308. The van der Waals surface area contributed by atoms with E-state index in [9.17, 15) is 9.59 Å². The number of carbonyl (C=O) groups excluding carboxylic acids is 1. The third-order valence-corrected chi connectivity index (χ3v) is 2.85. The van der Waals surface area contributed by atoms with E-state index in [0.29, 0.717) is 12.8 Å². The summed E-state index contributed by atoms with van der Waals surface area (Å²) in [5.41, 5.74) is -0.317. The van der Waals surface area contributed by atoms with Crippen LogP contribution in [0.4, 0.5) is 0 Å². The average Bonchev–Trinajstić information content (AvgIpc) is 3.07. The lowest BCUT2D eigenvalue weighted by molar-refractivity contribution is 0.0684. The van der Waals surface area contributed by atoms with E-state index >= 15 is 0 Å². The number of H-pyrrole nitrogens is 1. The number of carboxylic acids is 1. The van der Waals surface area contributed by atoms with E-state index in [4.69, 9.17) is 9.52 Å². The molecule has 1 amide bonds. The topological polar surface area (TPSA) is 108 Å². The number of aromatic carboxylic acids is 1. The molecule has 0 bridgehead atoms. The minimum Gasteiger partial charge on any atom is -0.477 e. The molecular formula is C13H15N3O4. The van der Waals surface area contributed by atoms with Gasteiger partial charge in [0, 0.05) is 12.5 Å². The highest BCUT2D eigenvalue weighted by Gasteiger charge is 2.20. The quantitative estimate of drug-likeness (QED) is 0.740. The minimum atomic E-state index is -1.21. The number of aryl methyl sites for hydroxylation is 1. The predicted octanol–water partition coefficient (Wildman–Crippen LogP) is 1.45. The molecule has 20 heavy (non-hydrogen) atoms. The summed E-state index contributed by atoms with van der Waals surface area (Å²) < 4.78 is 5.20. The number of furan rings is 1. The van der Waals surface area contributed by atoms with E-state index in [2.05, 4.69) is 15.3 Å². The Morgan fingerprint density at radius 1 is 1.55 bits per heavy atom. The van der Waals surface area contributed by atoms with Crippen molar-refractivity contribution in [3.8, 4) is 0 Å². The minimum absolute atomic E-state index is 0.109. The summed E-state index contributed by atoms with van der Waals surface area (Å²) in [6, 6.07) is 3.55. The zero-order valence-electron chi connectivity index (χ0n) is 10.9. The number of rotatable bonds is 6. The maximum atomic E-state index is 11.9. The molecule has 1 unspecified atom stereocenters. The van der Waals surface area contributed by atoms with E-state index < -0.39 is 11.9 Å². The van der Waals surface area contributed by atoms with E-state index in [1.165, 1.54) is 6.33 Å². The van der Waals surface area contributed by atoms with Gasteiger partial charge in [-0.3, -0.25) is 4.79 Å². The third-order valence-electron chi connectivity index (χ3n) is 2.85. The van der Waals surface area contributed by atoms with Crippen molar-refractivity contribution >= 4 is 11.9 Å². The molecule has 0 spiro atoms. The fourth-order valence-electron chi connectivity index (χ4n) is 1.81. The highest BCUT2D eigenvalue weighted by atomic mass is 16.4. The Balaban J connectivity index is 1.90. The Kier molecular flexibility index (Phi) is 4.19. The smallest absolute Gasteiger partial charge is 0.354 e. The van der Waals surface area contributed by atoms with Gasteiger partial charge in [0.2, 0.25) is 0 Å². The molecule has 0 aliphatic rings. The van der Waals surface area contributed by atoms with Crippen LogP contribution in [0.15, 0.2) is 29.1 Å². The Bertz CT molecular complexity index is 589. The first-order chi connectivity index (χ1) is 9.58. The summed E-state index contributed by atoms with van der Waals surface area (Å²) in [6.45, 7) is 1.84. The zero-order chi connectivity index (χ0) is 14.5. The Morgan fingerprint density at radius 2 is 2.35 bits per heavy atom. The molecule has 7 nitrogen and oxygen atoms in total. The lowest BCUT2D eigenvalue weighted by Crippen LogP contribution is -2.34. The largest absolute Gasteiger partial charge is 0.477 e. The van der Waals surface area contributed by atoms with E-state index in [1.807, 2.05) is 13.0 Å². The number of aromatic amines is 1. The number of aromatic nitrogens is 2. The Hall–Kier alpha value is -2.57. The fourth-order valence-corrected chi connectivity index (χ4v) is 1.81. The van der Waals surface area contributed by atoms with Crippen molar-refractivity contribution in [2.24, 2.45) is 0 Å². The summed E-state index contributed by atoms with van der Waals surface area (Å²) >= 11 is 0. The Morgan fingerprint density at radius 3 is 3.00 bits per heavy atom. The molecule has 2 aromatic rings. The second-order valence-corrected chi connectivity index (χ2v) is 4.42. The monoisotopic (exact) mass is 277 g/mol. The molecule has 0 aliphatic carbocycles. The van der Waals surface area contributed by atoms with E-state index in [1.54, 1.807) is 12.3 Å². The highest BCUT2D eigenvalue weighted by molar-refractivity contribution is 6.02. The summed E-state index contributed by atoms with van der Waals surface area (Å²) in [5.74, 6) is -0.872. The number of imidazole rings is 1. The number of carboxylic acid groups (broad SMARTS) is 1. The molecule has 0 radical (unpaired) electrons. The number of carbonyl (C=O) groups is 2. The van der Waals surface area contributed by atoms with E-state index in [0.717, 1.165) is 5.76 Å². The standard InChI is InChI=1S/C13H15N3O4/c1-8(4-5-9-3-2-6-20-9)16-12(17)10-11(13(18)19)15-7-14-10/h2-3,6-8H,4-5H2,1H3,(H,14,15)(H,16,17)(H,18,19). The predicted molar refractivity (Wildman–Crippen MR) is 69.5 cm³/mol. The summed E-state index contributed by atoms with van der Waals surface area (Å²) in [4.78, 5) is 29.0. The molecule has 106 valence electrons. The van der Waals surface area contributed by atoms with E-state index in [-0.39, 0.29) is 17.4 Å². The van der Waals surface area contributed by atoms with Crippen molar-refractivity contribution in [2.45, 2.75) is 25.8 Å². The summed E-state index contributed by atoms with van der Waals surface area (Å²) in [5, 5.41) is 11.6. The number of nitrogens with one attached hydrogen (secondary N) is 2. The van der Waals surface area contributed by atoms with Gasteiger partial charge in [-0.05, 0) is 25.5 Å². The van der Waals surface area contributed by atoms with Crippen molar-refractivity contribution in [1.82, 2.24) is 15.3 Å². The lowest BCUT2D eigenvalue weighted by Gasteiger charge is -2.12. The molecular weight excluding hydrogens is 262 g/mol. The number of amides is 1. The molecule has 0 saturated carbocycles. The van der Waals surface area contributed by atoms with Crippen LogP contribution in [0.1, 0.15) is 40.1 Å². The van der Waals surface area contributed by atoms with Crippen molar-refractivity contribution in [2.75, 3.05) is 0 Å². The maximum Gasteiger partial charge on any atom is 0.354 e. The van der Waals surface area contributed by atoms with Crippen LogP contribution in [-0.4, -0.2) is 33.0 Å². The van der Waals surface area contributed by atoms with Crippen LogP contribution in [0.2, 0.25) is 0 Å². The van der Waals surface area contributed by atoms with Gasteiger partial charge in [0.15, 0.2) is 11.4 Å². The Labute approximate surface area is 115 Å². The molecule has 0 aliphatic heterocycles. The SMILES string of the molecule is CC(CCc1ccco1)NC(=O)c1nc[nH]c1C(=O)O. The molecule has 2 heterocycles. The van der Waals surface area contributed by atoms with Crippen LogP contribution < -0.4 is 5.32 Å². The molecule has 7 heteroatoms. The number of hydrogen-bond donors (Lipinski definition) is 3. The van der Waals surface area contributed by atoms with Crippen LogP contribution in [0.5, 0.6) is 0 Å². The zero-order valence-corrected chi connectivity index (χ0v) is 10.9. The van der Waals surface area contributed by atoms with Gasteiger partial charge >= 0.3 is 5.97 Å². The van der Waals surface area contributed by atoms with Gasteiger partial charge < -0.3 is 19.8 Å². The van der Waals surface area contributed by atoms with Gasteiger partial charge in [-0.2, -0.15) is 0 Å². The van der Waals surface area contributed by atoms with Crippen molar-refractivity contribution in [1.29, 1.82) is 0 Å². The first-order valence-electron chi connectivity index (χ1n) is 6.18. The molecule has 3 N–H and O–H groups in total. The van der Waals surface area contributed by atoms with Gasteiger partial charge in [0.1, 0.15) is 5.76 Å². The number of nitrogens with zero attached hydrogens (tertiary/aromatic N) is 1. The molecule has 0 fully saturated rings. The molecule has 0 aromatic carbocycles. The first-order valence-corrected chi connectivity index (χ1v) is 6.18. The van der Waals surface area contributed by atoms with Crippen LogP contribution in [0.25, 0.3) is 0 Å². The van der Waals surface area contributed by atoms with Gasteiger partial charge in [0.25, 0.3) is 5.91 Å². The van der Waals surface area contributed by atoms with Crippen molar-refractivity contribution in [3.05, 3.63) is 41.9 Å². The van der Waals surface area contributed by atoms with Gasteiger partial charge in [0.05, 0.1) is 12.6 Å².